The molecule has 7 heteroatoms. The topological polar surface area (TPSA) is 84.5 Å². The Kier molecular flexibility index (Phi) is 7.97. The molecule has 0 aliphatic heterocycles. The highest BCUT2D eigenvalue weighted by atomic mass is 32.2. The molecule has 2 N–H and O–H groups in total. The Balaban J connectivity index is 2.13. The van der Waals surface area contributed by atoms with E-state index in [1.807, 2.05) is 25.1 Å². The van der Waals surface area contributed by atoms with Crippen molar-refractivity contribution in [1.29, 1.82) is 0 Å². The normalized spacial score (nSPS) is 12.5. The Morgan fingerprint density at radius 3 is 2.37 bits per heavy atom. The number of ether oxygens (including phenoxy) is 1. The molecule has 27 heavy (non-hydrogen) atoms. The van der Waals surface area contributed by atoms with E-state index in [9.17, 15) is 13.2 Å². The van der Waals surface area contributed by atoms with Gasteiger partial charge >= 0.3 is 0 Å². The third-order valence-electron chi connectivity index (χ3n) is 4.07. The fourth-order valence-electron chi connectivity index (χ4n) is 2.59. The number of rotatable bonds is 10. The monoisotopic (exact) mass is 390 g/mol. The van der Waals surface area contributed by atoms with Gasteiger partial charge in [0.15, 0.2) is 0 Å². The lowest BCUT2D eigenvalue weighted by molar-refractivity contribution is -0.121. The highest BCUT2D eigenvalue weighted by Crippen LogP contribution is 2.20. The largest absolute Gasteiger partial charge is 0.385 e. The van der Waals surface area contributed by atoms with Crippen LogP contribution in [0, 0.1) is 6.92 Å². The molecule has 1 amide bonds. The van der Waals surface area contributed by atoms with Gasteiger partial charge in [0.25, 0.3) is 0 Å². The number of methoxy groups -OCH3 is 1. The Morgan fingerprint density at radius 2 is 1.74 bits per heavy atom. The van der Waals surface area contributed by atoms with Crippen molar-refractivity contribution in [1.82, 2.24) is 10.0 Å². The Bertz CT molecular complexity index is 821. The number of nitrogens with one attached hydrogen (secondary N) is 2. The molecule has 0 aliphatic carbocycles. The van der Waals surface area contributed by atoms with Gasteiger partial charge < -0.3 is 10.1 Å². The highest BCUT2D eigenvalue weighted by Gasteiger charge is 2.23. The van der Waals surface area contributed by atoms with Crippen molar-refractivity contribution in [3.05, 3.63) is 65.7 Å². The molecular formula is C20H26N2O4S. The summed E-state index contributed by atoms with van der Waals surface area (Å²) in [6.45, 7) is 2.94. The zero-order valence-electron chi connectivity index (χ0n) is 15.6. The molecule has 2 rings (SSSR count). The standard InChI is InChI=1S/C20H26N2O4S/c1-16-9-11-18(12-10-16)27(24,25)22-19(17-7-4-3-5-8-17)15-20(23)21-13-6-14-26-2/h3-5,7-12,19,22H,6,13-15H2,1-2H3,(H,21,23)/t19-/m0/s1. The van der Waals surface area contributed by atoms with Crippen LogP contribution >= 0.6 is 0 Å². The van der Waals surface area contributed by atoms with Gasteiger partial charge in [0, 0.05) is 26.7 Å². The van der Waals surface area contributed by atoms with Gasteiger partial charge in [0.1, 0.15) is 0 Å². The van der Waals surface area contributed by atoms with Gasteiger partial charge in [-0.3, -0.25) is 4.79 Å². The van der Waals surface area contributed by atoms with Crippen molar-refractivity contribution >= 4 is 15.9 Å². The zero-order valence-corrected chi connectivity index (χ0v) is 16.5. The lowest BCUT2D eigenvalue weighted by Gasteiger charge is -2.19. The summed E-state index contributed by atoms with van der Waals surface area (Å²) in [6.07, 6.45) is 0.718. The first-order valence-electron chi connectivity index (χ1n) is 8.82. The third kappa shape index (κ3) is 6.78. The molecule has 1 atom stereocenters. The fourth-order valence-corrected chi connectivity index (χ4v) is 3.81. The van der Waals surface area contributed by atoms with Crippen molar-refractivity contribution < 1.29 is 17.9 Å². The molecule has 0 unspecified atom stereocenters. The maximum Gasteiger partial charge on any atom is 0.241 e. The van der Waals surface area contributed by atoms with Gasteiger partial charge in [-0.05, 0) is 31.0 Å². The molecule has 0 aliphatic rings. The Morgan fingerprint density at radius 1 is 1.07 bits per heavy atom. The average Bonchev–Trinajstić information content (AvgIpc) is 2.65. The first-order chi connectivity index (χ1) is 12.9. The van der Waals surface area contributed by atoms with Crippen molar-refractivity contribution in [3.8, 4) is 0 Å². The van der Waals surface area contributed by atoms with Crippen LogP contribution in [0.4, 0.5) is 0 Å². The highest BCUT2D eigenvalue weighted by molar-refractivity contribution is 7.89. The van der Waals surface area contributed by atoms with E-state index in [1.165, 1.54) is 0 Å². The smallest absolute Gasteiger partial charge is 0.241 e. The minimum Gasteiger partial charge on any atom is -0.385 e. The van der Waals surface area contributed by atoms with E-state index in [0.29, 0.717) is 19.6 Å². The molecule has 146 valence electrons. The van der Waals surface area contributed by atoms with Crippen molar-refractivity contribution in [2.75, 3.05) is 20.3 Å². The number of aryl methyl sites for hydroxylation is 1. The number of hydrogen-bond acceptors (Lipinski definition) is 4. The van der Waals surface area contributed by atoms with Crippen LogP contribution in [-0.4, -0.2) is 34.6 Å². The summed E-state index contributed by atoms with van der Waals surface area (Å²) < 4.78 is 33.1. The van der Waals surface area contributed by atoms with Crippen molar-refractivity contribution in [2.45, 2.75) is 30.7 Å². The number of sulfonamides is 1. The molecule has 0 saturated heterocycles. The Hall–Kier alpha value is -2.22. The van der Waals surface area contributed by atoms with E-state index >= 15 is 0 Å². The van der Waals surface area contributed by atoms with Crippen LogP contribution < -0.4 is 10.0 Å². The second kappa shape index (κ2) is 10.2. The van der Waals surface area contributed by atoms with Crippen LogP contribution in [-0.2, 0) is 19.6 Å². The summed E-state index contributed by atoms with van der Waals surface area (Å²) >= 11 is 0. The first-order valence-corrected chi connectivity index (χ1v) is 10.3. The summed E-state index contributed by atoms with van der Waals surface area (Å²) in [7, 11) is -2.14. The van der Waals surface area contributed by atoms with Crippen LogP contribution in [0.3, 0.4) is 0 Å². The number of carbonyl (C=O) groups excluding carboxylic acids is 1. The lowest BCUT2D eigenvalue weighted by atomic mass is 10.0. The lowest BCUT2D eigenvalue weighted by Crippen LogP contribution is -2.34. The Labute approximate surface area is 161 Å². The van der Waals surface area contributed by atoms with E-state index in [4.69, 9.17) is 4.74 Å². The van der Waals surface area contributed by atoms with Crippen LogP contribution in [0.25, 0.3) is 0 Å². The van der Waals surface area contributed by atoms with Crippen LogP contribution in [0.5, 0.6) is 0 Å². The molecule has 2 aromatic carbocycles. The predicted molar refractivity (Wildman–Crippen MR) is 105 cm³/mol. The molecule has 0 aromatic heterocycles. The van der Waals surface area contributed by atoms with Gasteiger partial charge in [-0.1, -0.05) is 48.0 Å². The minimum atomic E-state index is -3.75. The maximum atomic E-state index is 12.7. The number of benzene rings is 2. The molecular weight excluding hydrogens is 364 g/mol. The molecule has 0 fully saturated rings. The second-order valence-electron chi connectivity index (χ2n) is 6.30. The quantitative estimate of drug-likeness (QED) is 0.611. The number of hydrogen-bond donors (Lipinski definition) is 2. The van der Waals surface area contributed by atoms with Gasteiger partial charge in [0.2, 0.25) is 15.9 Å². The molecule has 0 heterocycles. The van der Waals surface area contributed by atoms with Crippen LogP contribution in [0.15, 0.2) is 59.5 Å². The van der Waals surface area contributed by atoms with E-state index in [0.717, 1.165) is 11.1 Å². The van der Waals surface area contributed by atoms with Gasteiger partial charge in [0.05, 0.1) is 10.9 Å². The second-order valence-corrected chi connectivity index (χ2v) is 8.01. The average molecular weight is 391 g/mol. The summed E-state index contributed by atoms with van der Waals surface area (Å²) in [5.74, 6) is -0.216. The van der Waals surface area contributed by atoms with E-state index in [-0.39, 0.29) is 17.2 Å². The maximum absolute atomic E-state index is 12.7. The van der Waals surface area contributed by atoms with E-state index < -0.39 is 16.1 Å². The molecule has 2 aromatic rings. The van der Waals surface area contributed by atoms with Gasteiger partial charge in [-0.25, -0.2) is 13.1 Å². The summed E-state index contributed by atoms with van der Waals surface area (Å²) in [5, 5.41) is 2.80. The summed E-state index contributed by atoms with van der Waals surface area (Å²) in [4.78, 5) is 12.4. The predicted octanol–water partition coefficient (Wildman–Crippen LogP) is 2.56. The van der Waals surface area contributed by atoms with Crippen molar-refractivity contribution in [3.63, 3.8) is 0 Å². The van der Waals surface area contributed by atoms with Crippen LogP contribution in [0.2, 0.25) is 0 Å². The first kappa shape index (κ1) is 21.1. The minimum absolute atomic E-state index is 0.0160. The molecule has 0 bridgehead atoms. The fraction of sp³-hybridized carbons (Fsp3) is 0.350. The number of amides is 1. The third-order valence-corrected chi connectivity index (χ3v) is 5.56. The molecule has 0 spiro atoms. The van der Waals surface area contributed by atoms with Gasteiger partial charge in [-0.2, -0.15) is 0 Å². The zero-order chi connectivity index (χ0) is 19.7. The van der Waals surface area contributed by atoms with Crippen molar-refractivity contribution in [2.24, 2.45) is 0 Å². The van der Waals surface area contributed by atoms with Gasteiger partial charge in [-0.15, -0.1) is 0 Å². The number of carbonyl (C=O) groups is 1. The summed E-state index contributed by atoms with van der Waals surface area (Å²) in [6, 6.07) is 15.1. The summed E-state index contributed by atoms with van der Waals surface area (Å²) in [5.41, 5.74) is 1.71. The molecule has 0 radical (unpaired) electrons. The SMILES string of the molecule is COCCCNC(=O)C[C@H](NS(=O)(=O)c1ccc(C)cc1)c1ccccc1. The van der Waals surface area contributed by atoms with Crippen LogP contribution in [0.1, 0.15) is 30.0 Å². The van der Waals surface area contributed by atoms with E-state index in [1.54, 1.807) is 43.5 Å². The van der Waals surface area contributed by atoms with E-state index in [2.05, 4.69) is 10.0 Å². The molecule has 0 saturated carbocycles. The molecule has 6 nitrogen and oxygen atoms in total.